The van der Waals surface area contributed by atoms with Crippen LogP contribution in [0.2, 0.25) is 0 Å². The summed E-state index contributed by atoms with van der Waals surface area (Å²) in [6.45, 7) is 3.45. The van der Waals surface area contributed by atoms with Gasteiger partial charge in [-0.15, -0.1) is 0 Å². The lowest BCUT2D eigenvalue weighted by Gasteiger charge is -2.06. The molecular weight excluding hydrogens is 272 g/mol. The number of carbonyl (C=O) groups excluding carboxylic acids is 1. The van der Waals surface area contributed by atoms with Gasteiger partial charge in [-0.05, 0) is 38.1 Å². The molecule has 0 bridgehead atoms. The number of nitrogens with zero attached hydrogens (tertiary/aromatic N) is 1. The van der Waals surface area contributed by atoms with Crippen molar-refractivity contribution in [3.8, 4) is 11.5 Å². The number of hydrogen-bond donors (Lipinski definition) is 2. The first-order valence-corrected chi connectivity index (χ1v) is 6.29. The van der Waals surface area contributed by atoms with Crippen molar-refractivity contribution in [2.75, 3.05) is 7.11 Å². The Morgan fingerprint density at radius 2 is 2.14 bits per heavy atom. The Morgan fingerprint density at radius 1 is 1.38 bits per heavy atom. The summed E-state index contributed by atoms with van der Waals surface area (Å²) in [6, 6.07) is 6.42. The molecule has 1 heterocycles. The highest BCUT2D eigenvalue weighted by Gasteiger charge is 2.11. The number of nitrogens with one attached hydrogen (secondary N) is 1. The molecule has 0 saturated carbocycles. The zero-order chi connectivity index (χ0) is 15.4. The Labute approximate surface area is 122 Å². The Balaban J connectivity index is 2.14. The topological polar surface area (TPSA) is 84.1 Å². The van der Waals surface area contributed by atoms with Crippen LogP contribution in [0.15, 0.2) is 40.0 Å². The molecule has 0 unspecified atom stereocenters. The van der Waals surface area contributed by atoms with Crippen LogP contribution in [0.3, 0.4) is 0 Å². The molecule has 0 radical (unpaired) electrons. The molecule has 110 valence electrons. The van der Waals surface area contributed by atoms with Gasteiger partial charge in [-0.1, -0.05) is 0 Å². The van der Waals surface area contributed by atoms with Gasteiger partial charge in [0.2, 0.25) is 0 Å². The molecule has 0 atom stereocenters. The number of amides is 1. The van der Waals surface area contributed by atoms with Gasteiger partial charge in [-0.2, -0.15) is 5.10 Å². The van der Waals surface area contributed by atoms with Gasteiger partial charge < -0.3 is 14.3 Å². The summed E-state index contributed by atoms with van der Waals surface area (Å²) >= 11 is 0. The van der Waals surface area contributed by atoms with E-state index in [4.69, 9.17) is 9.15 Å². The van der Waals surface area contributed by atoms with Crippen molar-refractivity contribution in [1.82, 2.24) is 5.43 Å². The summed E-state index contributed by atoms with van der Waals surface area (Å²) in [5.41, 5.74) is 4.22. The fraction of sp³-hybridized carbons (Fsp3) is 0.200. The standard InChI is InChI=1S/C15H16N2O4/c1-9(11-4-5-13(18)14(8-11)20-3)16-17-15(19)12-6-7-21-10(12)2/h4-8,18H,1-3H3,(H,17,19)/b16-9-. The van der Waals surface area contributed by atoms with Crippen LogP contribution in [0, 0.1) is 6.92 Å². The Bertz CT molecular complexity index is 689. The highest BCUT2D eigenvalue weighted by molar-refractivity contribution is 6.01. The van der Waals surface area contributed by atoms with E-state index in [1.54, 1.807) is 32.0 Å². The molecular formula is C15H16N2O4. The summed E-state index contributed by atoms with van der Waals surface area (Å²) in [5, 5.41) is 13.6. The van der Waals surface area contributed by atoms with Gasteiger partial charge in [0.05, 0.1) is 24.6 Å². The average molecular weight is 288 g/mol. The van der Waals surface area contributed by atoms with Gasteiger partial charge in [0.15, 0.2) is 11.5 Å². The number of aryl methyl sites for hydroxylation is 1. The fourth-order valence-electron chi connectivity index (χ4n) is 1.78. The predicted octanol–water partition coefficient (Wildman–Crippen LogP) is 2.46. The lowest BCUT2D eigenvalue weighted by atomic mass is 10.1. The lowest BCUT2D eigenvalue weighted by Crippen LogP contribution is -2.19. The van der Waals surface area contributed by atoms with Crippen molar-refractivity contribution in [3.63, 3.8) is 0 Å². The van der Waals surface area contributed by atoms with E-state index >= 15 is 0 Å². The molecule has 0 saturated heterocycles. The third-order valence-electron chi connectivity index (χ3n) is 3.03. The molecule has 21 heavy (non-hydrogen) atoms. The number of hydrogen-bond acceptors (Lipinski definition) is 5. The summed E-state index contributed by atoms with van der Waals surface area (Å²) in [7, 11) is 1.47. The second-order valence-electron chi connectivity index (χ2n) is 4.42. The molecule has 1 aromatic carbocycles. The second kappa shape index (κ2) is 6.13. The van der Waals surface area contributed by atoms with Crippen LogP contribution in [0.4, 0.5) is 0 Å². The number of ether oxygens (including phenoxy) is 1. The number of phenolic OH excluding ortho intramolecular Hbond substituents is 1. The van der Waals surface area contributed by atoms with Gasteiger partial charge in [0.25, 0.3) is 5.91 Å². The summed E-state index contributed by atoms with van der Waals surface area (Å²) < 4.78 is 10.1. The van der Waals surface area contributed by atoms with E-state index in [0.717, 1.165) is 5.56 Å². The summed E-state index contributed by atoms with van der Waals surface area (Å²) in [4.78, 5) is 11.9. The van der Waals surface area contributed by atoms with Crippen molar-refractivity contribution in [2.45, 2.75) is 13.8 Å². The molecule has 0 aliphatic heterocycles. The van der Waals surface area contributed by atoms with E-state index in [1.165, 1.54) is 19.4 Å². The average Bonchev–Trinajstić information content (AvgIpc) is 2.91. The van der Waals surface area contributed by atoms with E-state index in [0.29, 0.717) is 22.8 Å². The fourth-order valence-corrected chi connectivity index (χ4v) is 1.78. The maximum atomic E-state index is 11.9. The number of furan rings is 1. The van der Waals surface area contributed by atoms with Crippen molar-refractivity contribution < 1.29 is 19.1 Å². The van der Waals surface area contributed by atoms with Crippen molar-refractivity contribution in [2.24, 2.45) is 5.10 Å². The molecule has 1 aromatic heterocycles. The SMILES string of the molecule is COc1cc(/C(C)=N\NC(=O)c2ccoc2C)ccc1O. The molecule has 6 heteroatoms. The molecule has 1 amide bonds. The molecule has 0 spiro atoms. The van der Waals surface area contributed by atoms with Crippen LogP contribution >= 0.6 is 0 Å². The molecule has 2 rings (SSSR count). The molecule has 2 aromatic rings. The Morgan fingerprint density at radius 3 is 2.76 bits per heavy atom. The monoisotopic (exact) mass is 288 g/mol. The predicted molar refractivity (Wildman–Crippen MR) is 77.8 cm³/mol. The first-order chi connectivity index (χ1) is 10.0. The Kier molecular flexibility index (Phi) is 4.27. The zero-order valence-electron chi connectivity index (χ0n) is 12.0. The van der Waals surface area contributed by atoms with Crippen LogP contribution in [-0.4, -0.2) is 23.8 Å². The molecule has 0 fully saturated rings. The van der Waals surface area contributed by atoms with E-state index in [2.05, 4.69) is 10.5 Å². The quantitative estimate of drug-likeness (QED) is 0.668. The number of aromatic hydroxyl groups is 1. The van der Waals surface area contributed by atoms with Gasteiger partial charge in [-0.3, -0.25) is 4.79 Å². The van der Waals surface area contributed by atoms with E-state index < -0.39 is 0 Å². The maximum Gasteiger partial charge on any atom is 0.274 e. The largest absolute Gasteiger partial charge is 0.504 e. The molecule has 2 N–H and O–H groups in total. The zero-order valence-corrected chi connectivity index (χ0v) is 12.0. The number of phenols is 1. The van der Waals surface area contributed by atoms with Gasteiger partial charge in [0.1, 0.15) is 5.76 Å². The Hall–Kier alpha value is -2.76. The second-order valence-corrected chi connectivity index (χ2v) is 4.42. The molecule has 0 aliphatic carbocycles. The smallest absolute Gasteiger partial charge is 0.274 e. The van der Waals surface area contributed by atoms with Crippen molar-refractivity contribution in [1.29, 1.82) is 0 Å². The number of rotatable bonds is 4. The minimum absolute atomic E-state index is 0.0482. The number of methoxy groups -OCH3 is 1. The lowest BCUT2D eigenvalue weighted by molar-refractivity contribution is 0.0953. The van der Waals surface area contributed by atoms with Crippen LogP contribution in [0.1, 0.15) is 28.6 Å². The van der Waals surface area contributed by atoms with Crippen LogP contribution in [0.5, 0.6) is 11.5 Å². The first-order valence-electron chi connectivity index (χ1n) is 6.29. The number of hydrazone groups is 1. The number of benzene rings is 1. The van der Waals surface area contributed by atoms with Crippen LogP contribution < -0.4 is 10.2 Å². The highest BCUT2D eigenvalue weighted by atomic mass is 16.5. The van der Waals surface area contributed by atoms with Crippen molar-refractivity contribution in [3.05, 3.63) is 47.4 Å². The van der Waals surface area contributed by atoms with Crippen LogP contribution in [-0.2, 0) is 0 Å². The number of carbonyl (C=O) groups is 1. The third kappa shape index (κ3) is 3.22. The van der Waals surface area contributed by atoms with Gasteiger partial charge in [0, 0.05) is 5.56 Å². The normalized spacial score (nSPS) is 11.3. The molecule has 6 nitrogen and oxygen atoms in total. The molecule has 0 aliphatic rings. The minimum atomic E-state index is -0.341. The van der Waals surface area contributed by atoms with Gasteiger partial charge in [-0.25, -0.2) is 5.43 Å². The summed E-state index contributed by atoms with van der Waals surface area (Å²) in [6.07, 6.45) is 1.45. The maximum absolute atomic E-state index is 11.9. The van der Waals surface area contributed by atoms with E-state index in [1.807, 2.05) is 0 Å². The van der Waals surface area contributed by atoms with Crippen LogP contribution in [0.25, 0.3) is 0 Å². The van der Waals surface area contributed by atoms with Gasteiger partial charge >= 0.3 is 0 Å². The van der Waals surface area contributed by atoms with E-state index in [-0.39, 0.29) is 11.7 Å². The highest BCUT2D eigenvalue weighted by Crippen LogP contribution is 2.26. The third-order valence-corrected chi connectivity index (χ3v) is 3.03. The van der Waals surface area contributed by atoms with Crippen molar-refractivity contribution >= 4 is 11.6 Å². The van der Waals surface area contributed by atoms with E-state index in [9.17, 15) is 9.90 Å². The first kappa shape index (κ1) is 14.6. The summed E-state index contributed by atoms with van der Waals surface area (Å²) in [5.74, 6) is 0.587. The minimum Gasteiger partial charge on any atom is -0.504 e.